The van der Waals surface area contributed by atoms with Crippen molar-refractivity contribution in [3.63, 3.8) is 0 Å². The minimum Gasteiger partial charge on any atom is -0.421 e. The second-order valence-corrected chi connectivity index (χ2v) is 9.75. The van der Waals surface area contributed by atoms with E-state index in [1.54, 1.807) is 18.2 Å². The number of aryl methyl sites for hydroxylation is 1. The molecule has 5 rings (SSSR count). The van der Waals surface area contributed by atoms with Gasteiger partial charge in [-0.3, -0.25) is 10.00 Å². The summed E-state index contributed by atoms with van der Waals surface area (Å²) in [7, 11) is 4.18. The van der Waals surface area contributed by atoms with Gasteiger partial charge in [-0.2, -0.15) is 15.1 Å². The van der Waals surface area contributed by atoms with E-state index in [1.165, 1.54) is 0 Å². The molecular weight excluding hydrogens is 485 g/mol. The summed E-state index contributed by atoms with van der Waals surface area (Å²) < 4.78 is 21.2. The number of benzene rings is 1. The molecule has 4 aromatic rings. The summed E-state index contributed by atoms with van der Waals surface area (Å²) in [6, 6.07) is 8.97. The first-order chi connectivity index (χ1) is 18.4. The summed E-state index contributed by atoms with van der Waals surface area (Å²) in [5.41, 5.74) is 2.46. The van der Waals surface area contributed by atoms with Crippen molar-refractivity contribution < 1.29 is 9.13 Å². The van der Waals surface area contributed by atoms with Crippen molar-refractivity contribution in [2.45, 2.75) is 13.8 Å². The Kier molecular flexibility index (Phi) is 7.57. The molecule has 1 saturated heterocycles. The minimum absolute atomic E-state index is 0.0646. The zero-order valence-electron chi connectivity index (χ0n) is 22.3. The van der Waals surface area contributed by atoms with Crippen molar-refractivity contribution in [3.05, 3.63) is 53.6 Å². The molecular formula is C27H34FN9O. The van der Waals surface area contributed by atoms with Gasteiger partial charge in [0.2, 0.25) is 0 Å². The highest BCUT2D eigenvalue weighted by Gasteiger charge is 2.21. The van der Waals surface area contributed by atoms with Gasteiger partial charge in [0.05, 0.1) is 5.69 Å². The summed E-state index contributed by atoms with van der Waals surface area (Å²) >= 11 is 0. The quantitative estimate of drug-likeness (QED) is 0.300. The molecule has 4 heterocycles. The van der Waals surface area contributed by atoms with Crippen LogP contribution in [-0.4, -0.2) is 88.3 Å². The number of ether oxygens (including phenoxy) is 1. The van der Waals surface area contributed by atoms with E-state index < -0.39 is 5.82 Å². The molecule has 10 nitrogen and oxygen atoms in total. The van der Waals surface area contributed by atoms with Crippen molar-refractivity contribution >= 4 is 34.4 Å². The summed E-state index contributed by atoms with van der Waals surface area (Å²) in [6.45, 7) is 9.39. The third-order valence-corrected chi connectivity index (χ3v) is 6.49. The monoisotopic (exact) mass is 519 g/mol. The normalized spacial score (nSPS) is 14.7. The summed E-state index contributed by atoms with van der Waals surface area (Å²) in [4.78, 5) is 19.2. The Labute approximate surface area is 221 Å². The van der Waals surface area contributed by atoms with Crippen LogP contribution in [0, 0.1) is 12.7 Å². The zero-order valence-corrected chi connectivity index (χ0v) is 22.3. The second kappa shape index (κ2) is 11.2. The van der Waals surface area contributed by atoms with Crippen molar-refractivity contribution in [3.8, 4) is 11.8 Å². The maximum absolute atomic E-state index is 15.3. The van der Waals surface area contributed by atoms with Gasteiger partial charge in [-0.05, 0) is 52.2 Å². The second-order valence-electron chi connectivity index (χ2n) is 9.75. The third-order valence-electron chi connectivity index (χ3n) is 6.49. The van der Waals surface area contributed by atoms with Gasteiger partial charge in [0.1, 0.15) is 11.6 Å². The Bertz CT molecular complexity index is 1420. The molecule has 0 amide bonds. The van der Waals surface area contributed by atoms with Gasteiger partial charge in [-0.25, -0.2) is 4.39 Å². The molecule has 3 N–H and O–H groups in total. The van der Waals surface area contributed by atoms with Crippen molar-refractivity contribution in [2.75, 3.05) is 63.6 Å². The number of nitrogens with one attached hydrogen (secondary N) is 3. The molecule has 11 heteroatoms. The van der Waals surface area contributed by atoms with Crippen LogP contribution in [0.15, 0.2) is 36.4 Å². The summed E-state index contributed by atoms with van der Waals surface area (Å²) in [5.74, 6) is 1.46. The number of fused-ring (bicyclic) bond motifs is 1. The predicted octanol–water partition coefficient (Wildman–Crippen LogP) is 4.38. The Hall–Kier alpha value is -3.96. The maximum Gasteiger partial charge on any atom is 0.326 e. The van der Waals surface area contributed by atoms with Gasteiger partial charge in [0.25, 0.3) is 0 Å². The molecule has 0 bridgehead atoms. The molecule has 0 atom stereocenters. The average Bonchev–Trinajstić information content (AvgIpc) is 3.50. The standard InChI is InChI=1S/C27H34FN9O/c1-5-6-19-16-24(34-33-19)30-23-17-25(37-13-11-36(12-14-37)10-9-35(3)4)32-27(31-23)38-22-8-7-21-20(26(22)28)15-18(2)29-21/h5-8,15-17,29H,9-14H2,1-4H3,(H2,30,31,32,33,34)/b6-5+. The largest absolute Gasteiger partial charge is 0.421 e. The van der Waals surface area contributed by atoms with Crippen molar-refractivity contribution in [2.24, 2.45) is 0 Å². The van der Waals surface area contributed by atoms with Crippen LogP contribution in [0.25, 0.3) is 17.0 Å². The van der Waals surface area contributed by atoms with E-state index in [4.69, 9.17) is 4.74 Å². The lowest BCUT2D eigenvalue weighted by Gasteiger charge is -2.35. The number of hydrogen-bond acceptors (Lipinski definition) is 8. The van der Waals surface area contributed by atoms with Crippen molar-refractivity contribution in [1.29, 1.82) is 0 Å². The molecule has 0 radical (unpaired) electrons. The van der Waals surface area contributed by atoms with Crippen LogP contribution in [0.2, 0.25) is 0 Å². The third kappa shape index (κ3) is 5.95. The van der Waals surface area contributed by atoms with Crippen molar-refractivity contribution in [1.82, 2.24) is 34.9 Å². The Balaban J connectivity index is 1.41. The number of rotatable bonds is 9. The Morgan fingerprint density at radius 3 is 2.68 bits per heavy atom. The van der Waals surface area contributed by atoms with Gasteiger partial charge < -0.3 is 24.8 Å². The van der Waals surface area contributed by atoms with Gasteiger partial charge in [0.15, 0.2) is 17.4 Å². The molecule has 0 aliphatic carbocycles. The molecule has 1 aliphatic rings. The molecule has 0 unspecified atom stereocenters. The fourth-order valence-corrected chi connectivity index (χ4v) is 4.49. The van der Waals surface area contributed by atoms with E-state index in [-0.39, 0.29) is 11.8 Å². The number of halogens is 1. The highest BCUT2D eigenvalue weighted by atomic mass is 19.1. The smallest absolute Gasteiger partial charge is 0.326 e. The molecule has 0 saturated carbocycles. The lowest BCUT2D eigenvalue weighted by atomic mass is 10.2. The van der Waals surface area contributed by atoms with Crippen LogP contribution in [0.3, 0.4) is 0 Å². The fourth-order valence-electron chi connectivity index (χ4n) is 4.49. The van der Waals surface area contributed by atoms with Gasteiger partial charge in [-0.1, -0.05) is 6.08 Å². The van der Waals surface area contributed by atoms with Gasteiger partial charge in [0, 0.05) is 68.0 Å². The lowest BCUT2D eigenvalue weighted by Crippen LogP contribution is -2.48. The molecule has 1 fully saturated rings. The number of allylic oxidation sites excluding steroid dienone is 1. The number of H-pyrrole nitrogens is 2. The number of aromatic amines is 2. The van der Waals surface area contributed by atoms with Crippen LogP contribution < -0.4 is 15.0 Å². The number of hydrogen-bond donors (Lipinski definition) is 3. The first-order valence-electron chi connectivity index (χ1n) is 12.8. The zero-order chi connectivity index (χ0) is 26.6. The highest BCUT2D eigenvalue weighted by molar-refractivity contribution is 5.82. The van der Waals surface area contributed by atoms with Crippen LogP contribution in [0.5, 0.6) is 11.8 Å². The van der Waals surface area contributed by atoms with E-state index >= 15 is 4.39 Å². The van der Waals surface area contributed by atoms with E-state index in [0.717, 1.165) is 50.7 Å². The number of likely N-dealkylation sites (N-methyl/N-ethyl adjacent to an activating group) is 1. The Morgan fingerprint density at radius 1 is 1.11 bits per heavy atom. The maximum atomic E-state index is 15.3. The van der Waals surface area contributed by atoms with E-state index in [2.05, 4.69) is 59.3 Å². The molecule has 1 aliphatic heterocycles. The van der Waals surface area contributed by atoms with E-state index in [9.17, 15) is 0 Å². The minimum atomic E-state index is -0.451. The van der Waals surface area contributed by atoms with Gasteiger partial charge >= 0.3 is 6.01 Å². The highest BCUT2D eigenvalue weighted by Crippen LogP contribution is 2.31. The van der Waals surface area contributed by atoms with Crippen LogP contribution >= 0.6 is 0 Å². The topological polar surface area (TPSA) is 101 Å². The number of aromatic nitrogens is 5. The number of nitrogens with zero attached hydrogens (tertiary/aromatic N) is 6. The van der Waals surface area contributed by atoms with Gasteiger partial charge in [-0.15, -0.1) is 0 Å². The van der Waals surface area contributed by atoms with Crippen LogP contribution in [0.4, 0.5) is 21.8 Å². The molecule has 1 aromatic carbocycles. The molecule has 200 valence electrons. The molecule has 38 heavy (non-hydrogen) atoms. The fraction of sp³-hybridized carbons (Fsp3) is 0.370. The number of anilines is 3. The first kappa shape index (κ1) is 25.7. The molecule has 0 spiro atoms. The molecule has 3 aromatic heterocycles. The van der Waals surface area contributed by atoms with E-state index in [0.29, 0.717) is 28.4 Å². The summed E-state index contributed by atoms with van der Waals surface area (Å²) in [6.07, 6.45) is 3.86. The predicted molar refractivity (Wildman–Crippen MR) is 149 cm³/mol. The van der Waals surface area contributed by atoms with E-state index in [1.807, 2.05) is 38.1 Å². The Morgan fingerprint density at radius 2 is 1.92 bits per heavy atom. The van der Waals surface area contributed by atoms with Crippen LogP contribution in [-0.2, 0) is 0 Å². The summed E-state index contributed by atoms with van der Waals surface area (Å²) in [5, 5.41) is 11.0. The lowest BCUT2D eigenvalue weighted by molar-refractivity contribution is 0.229. The number of piperazine rings is 1. The first-order valence-corrected chi connectivity index (χ1v) is 12.8. The SMILES string of the molecule is C/C=C/c1cc(Nc2cc(N3CCN(CCN(C)C)CC3)nc(Oc3ccc4[nH]c(C)cc4c3F)n2)n[nH]1. The average molecular weight is 520 g/mol. The van der Waals surface area contributed by atoms with Crippen LogP contribution in [0.1, 0.15) is 18.3 Å².